The van der Waals surface area contributed by atoms with Crippen molar-refractivity contribution >= 4 is 16.9 Å². The lowest BCUT2D eigenvalue weighted by molar-refractivity contribution is 0.0697. The molecule has 0 radical (unpaired) electrons. The largest absolute Gasteiger partial charge is 0.478 e. The van der Waals surface area contributed by atoms with E-state index < -0.39 is 5.97 Å². The zero-order valence-electron chi connectivity index (χ0n) is 8.18. The fourth-order valence-corrected chi connectivity index (χ4v) is 1.62. The molecule has 0 bridgehead atoms. The number of hydrogen-bond donors (Lipinski definition) is 1. The Hall–Kier alpha value is -2.03. The summed E-state index contributed by atoms with van der Waals surface area (Å²) in [6.45, 7) is 4.35. The highest BCUT2D eigenvalue weighted by Crippen LogP contribution is 2.17. The zero-order chi connectivity index (χ0) is 10.8. The zero-order valence-corrected chi connectivity index (χ0v) is 8.18. The van der Waals surface area contributed by atoms with Crippen LogP contribution in [0.3, 0.4) is 0 Å². The first-order chi connectivity index (χ1) is 7.22. The lowest BCUT2D eigenvalue weighted by Crippen LogP contribution is -1.97. The Bertz CT molecular complexity index is 525. The van der Waals surface area contributed by atoms with E-state index in [2.05, 4.69) is 6.58 Å². The quantitative estimate of drug-likeness (QED) is 0.775. The molecule has 0 saturated heterocycles. The number of fused-ring (bicyclic) bond motifs is 1. The summed E-state index contributed by atoms with van der Waals surface area (Å²) < 4.78 is 1.97. The van der Waals surface area contributed by atoms with Crippen LogP contribution >= 0.6 is 0 Å². The minimum absolute atomic E-state index is 0.312. The van der Waals surface area contributed by atoms with E-state index in [-0.39, 0.29) is 0 Å². The third kappa shape index (κ3) is 1.64. The van der Waals surface area contributed by atoms with E-state index in [1.807, 2.05) is 22.9 Å². The molecule has 2 aromatic rings. The van der Waals surface area contributed by atoms with Gasteiger partial charge in [-0.05, 0) is 23.6 Å². The number of carbonyl (C=O) groups is 1. The van der Waals surface area contributed by atoms with Crippen LogP contribution in [0.15, 0.2) is 43.1 Å². The van der Waals surface area contributed by atoms with Crippen molar-refractivity contribution < 1.29 is 9.90 Å². The topological polar surface area (TPSA) is 42.2 Å². The van der Waals surface area contributed by atoms with Crippen LogP contribution in [0.5, 0.6) is 0 Å². The molecule has 2 rings (SSSR count). The van der Waals surface area contributed by atoms with Gasteiger partial charge in [0.15, 0.2) is 0 Å². The molecule has 0 saturated carbocycles. The minimum Gasteiger partial charge on any atom is -0.478 e. The molecule has 3 nitrogen and oxygen atoms in total. The summed E-state index contributed by atoms with van der Waals surface area (Å²) in [5.41, 5.74) is 1.24. The van der Waals surface area contributed by atoms with Crippen molar-refractivity contribution in [2.24, 2.45) is 0 Å². The second-order valence-electron chi connectivity index (χ2n) is 3.34. The van der Waals surface area contributed by atoms with Crippen molar-refractivity contribution in [3.8, 4) is 0 Å². The van der Waals surface area contributed by atoms with Gasteiger partial charge < -0.3 is 9.67 Å². The average Bonchev–Trinajstić information content (AvgIpc) is 2.61. The van der Waals surface area contributed by atoms with Crippen molar-refractivity contribution in [2.75, 3.05) is 0 Å². The number of allylic oxidation sites excluding steroid dienone is 1. The van der Waals surface area contributed by atoms with Crippen LogP contribution in [-0.2, 0) is 6.54 Å². The number of benzene rings is 1. The van der Waals surface area contributed by atoms with Crippen molar-refractivity contribution in [2.45, 2.75) is 6.54 Å². The molecule has 1 aromatic heterocycles. The number of carboxylic acid groups (broad SMARTS) is 1. The third-order valence-electron chi connectivity index (χ3n) is 2.35. The Morgan fingerprint density at radius 1 is 1.47 bits per heavy atom. The Kier molecular flexibility index (Phi) is 2.29. The second-order valence-corrected chi connectivity index (χ2v) is 3.34. The highest BCUT2D eigenvalue weighted by atomic mass is 16.4. The van der Waals surface area contributed by atoms with Gasteiger partial charge in [0.2, 0.25) is 0 Å². The summed E-state index contributed by atoms with van der Waals surface area (Å²) in [6.07, 6.45) is 3.71. The van der Waals surface area contributed by atoms with Crippen molar-refractivity contribution in [3.63, 3.8) is 0 Å². The van der Waals surface area contributed by atoms with Gasteiger partial charge in [0, 0.05) is 18.3 Å². The van der Waals surface area contributed by atoms with E-state index in [1.54, 1.807) is 18.2 Å². The minimum atomic E-state index is -0.900. The van der Waals surface area contributed by atoms with Crippen LogP contribution in [0, 0.1) is 0 Å². The molecular weight excluding hydrogens is 190 g/mol. The summed E-state index contributed by atoms with van der Waals surface area (Å²) in [7, 11) is 0. The maximum absolute atomic E-state index is 10.8. The number of nitrogens with zero attached hydrogens (tertiary/aromatic N) is 1. The molecule has 1 aromatic carbocycles. The smallest absolute Gasteiger partial charge is 0.335 e. The van der Waals surface area contributed by atoms with Gasteiger partial charge >= 0.3 is 5.97 Å². The second kappa shape index (κ2) is 3.61. The number of carboxylic acids is 1. The monoisotopic (exact) mass is 201 g/mol. The lowest BCUT2D eigenvalue weighted by atomic mass is 10.2. The Balaban J connectivity index is 2.60. The molecule has 0 aliphatic carbocycles. The van der Waals surface area contributed by atoms with Crippen molar-refractivity contribution in [1.29, 1.82) is 0 Å². The van der Waals surface area contributed by atoms with Crippen LogP contribution in [0.1, 0.15) is 10.4 Å². The van der Waals surface area contributed by atoms with E-state index in [9.17, 15) is 4.79 Å². The SMILES string of the molecule is C=CCn1ccc2ccc(C(=O)O)cc21. The Morgan fingerprint density at radius 3 is 2.93 bits per heavy atom. The van der Waals surface area contributed by atoms with E-state index in [0.29, 0.717) is 12.1 Å². The summed E-state index contributed by atoms with van der Waals surface area (Å²) in [5, 5.41) is 9.92. The summed E-state index contributed by atoms with van der Waals surface area (Å²) in [4.78, 5) is 10.8. The molecule has 1 heterocycles. The highest BCUT2D eigenvalue weighted by molar-refractivity contribution is 5.93. The van der Waals surface area contributed by atoms with Crippen LogP contribution in [-0.4, -0.2) is 15.6 Å². The van der Waals surface area contributed by atoms with E-state index in [0.717, 1.165) is 10.9 Å². The normalized spacial score (nSPS) is 10.4. The van der Waals surface area contributed by atoms with Gasteiger partial charge in [-0.15, -0.1) is 6.58 Å². The molecule has 0 aliphatic rings. The molecule has 3 heteroatoms. The standard InChI is InChI=1S/C12H11NO2/c1-2-6-13-7-5-9-3-4-10(12(14)15)8-11(9)13/h2-5,7-8H,1,6H2,(H,14,15). The average molecular weight is 201 g/mol. The summed E-state index contributed by atoms with van der Waals surface area (Å²) in [6, 6.07) is 7.08. The van der Waals surface area contributed by atoms with E-state index in [1.165, 1.54) is 0 Å². The van der Waals surface area contributed by atoms with Crippen LogP contribution in [0.2, 0.25) is 0 Å². The van der Waals surface area contributed by atoms with Gasteiger partial charge in [0.05, 0.1) is 5.56 Å². The molecule has 0 aliphatic heterocycles. The summed E-state index contributed by atoms with van der Waals surface area (Å²) >= 11 is 0. The fourth-order valence-electron chi connectivity index (χ4n) is 1.62. The number of aromatic carboxylic acids is 1. The summed E-state index contributed by atoms with van der Waals surface area (Å²) in [5.74, 6) is -0.900. The predicted molar refractivity (Wildman–Crippen MR) is 59.1 cm³/mol. The van der Waals surface area contributed by atoms with Gasteiger partial charge in [-0.3, -0.25) is 0 Å². The number of aromatic nitrogens is 1. The van der Waals surface area contributed by atoms with E-state index in [4.69, 9.17) is 5.11 Å². The van der Waals surface area contributed by atoms with Crippen LogP contribution in [0.25, 0.3) is 10.9 Å². The van der Waals surface area contributed by atoms with Gasteiger partial charge in [-0.25, -0.2) is 4.79 Å². The molecule has 0 fully saturated rings. The molecule has 0 spiro atoms. The fraction of sp³-hybridized carbons (Fsp3) is 0.0833. The Labute approximate surface area is 87.3 Å². The van der Waals surface area contributed by atoms with Gasteiger partial charge in [0.25, 0.3) is 0 Å². The Morgan fingerprint density at radius 2 is 2.27 bits per heavy atom. The lowest BCUT2D eigenvalue weighted by Gasteiger charge is -2.01. The first kappa shape index (κ1) is 9.52. The van der Waals surface area contributed by atoms with Crippen molar-refractivity contribution in [1.82, 2.24) is 4.57 Å². The molecule has 0 amide bonds. The van der Waals surface area contributed by atoms with Crippen LogP contribution in [0.4, 0.5) is 0 Å². The van der Waals surface area contributed by atoms with Gasteiger partial charge in [-0.2, -0.15) is 0 Å². The molecule has 76 valence electrons. The number of rotatable bonds is 3. The van der Waals surface area contributed by atoms with Gasteiger partial charge in [-0.1, -0.05) is 12.1 Å². The molecule has 0 atom stereocenters. The third-order valence-corrected chi connectivity index (χ3v) is 2.35. The van der Waals surface area contributed by atoms with E-state index >= 15 is 0 Å². The van der Waals surface area contributed by atoms with Crippen molar-refractivity contribution in [3.05, 3.63) is 48.7 Å². The predicted octanol–water partition coefficient (Wildman–Crippen LogP) is 2.53. The maximum Gasteiger partial charge on any atom is 0.335 e. The molecule has 0 unspecified atom stereocenters. The first-order valence-corrected chi connectivity index (χ1v) is 4.65. The molecular formula is C12H11NO2. The molecule has 1 N–H and O–H groups in total. The maximum atomic E-state index is 10.8. The van der Waals surface area contributed by atoms with Crippen LogP contribution < -0.4 is 0 Å². The molecule has 15 heavy (non-hydrogen) atoms. The highest BCUT2D eigenvalue weighted by Gasteiger charge is 2.05. The van der Waals surface area contributed by atoms with Gasteiger partial charge in [0.1, 0.15) is 0 Å². The number of hydrogen-bond acceptors (Lipinski definition) is 1. The first-order valence-electron chi connectivity index (χ1n) is 4.65.